The van der Waals surface area contributed by atoms with Crippen LogP contribution in [0.2, 0.25) is 1.41 Å². The third kappa shape index (κ3) is 9.32. The van der Waals surface area contributed by atoms with Crippen LogP contribution in [0, 0.1) is 70.0 Å². The van der Waals surface area contributed by atoms with Gasteiger partial charge in [-0.1, -0.05) is 86.1 Å². The van der Waals surface area contributed by atoms with Crippen molar-refractivity contribution >= 4 is 15.0 Å². The quantitative estimate of drug-likeness (QED) is 0.138. The smallest absolute Gasteiger partial charge is 0.173 e. The Hall–Kier alpha value is -1.38. The largest absolute Gasteiger partial charge is 0.497 e. The highest BCUT2D eigenvalue weighted by molar-refractivity contribution is 7.16. The second-order valence-corrected chi connectivity index (χ2v) is 21.4. The zero-order valence-corrected chi connectivity index (χ0v) is 39.4. The second-order valence-electron chi connectivity index (χ2n) is 21.0. The highest BCUT2D eigenvalue weighted by atomic mass is 31.0. The van der Waals surface area contributed by atoms with E-state index in [1.165, 1.54) is 25.7 Å². The molecule has 2 heterocycles. The Labute approximate surface area is 361 Å². The molecule has 2 saturated heterocycles. The SMILES string of the molecule is [3H]N(CP)C1C(OC2C(OCc3ccc(OC)cc3)COC(O[C@H]3CC4[C@@H]5CC=C6C[C@@H](C)CC[C@]6(C)[C@H]5CC[C@]4(C)[C@H]3[C@H](C)C(=O)CCC(C)C)C2C)OCC(C)C1C. The predicted octanol–water partition coefficient (Wildman–Crippen LogP) is 10.2. The Morgan fingerprint density at radius 2 is 1.71 bits per heavy atom. The van der Waals surface area contributed by atoms with Gasteiger partial charge in [0, 0.05) is 30.5 Å². The summed E-state index contributed by atoms with van der Waals surface area (Å²) in [6, 6.07) is 7.73. The fraction of sp³-hybridized carbons (Fsp3) is 0.820. The van der Waals surface area contributed by atoms with Crippen LogP contribution in [-0.2, 0) is 35.1 Å². The van der Waals surface area contributed by atoms with E-state index in [2.05, 4.69) is 77.6 Å². The van der Waals surface area contributed by atoms with Gasteiger partial charge in [0.2, 0.25) is 0 Å². The summed E-state index contributed by atoms with van der Waals surface area (Å²) in [5, 5.41) is 1.59. The van der Waals surface area contributed by atoms with Crippen LogP contribution in [0.3, 0.4) is 0 Å². The molecule has 0 aromatic heterocycles. The monoisotopic (exact) mass is 840 g/mol. The molecule has 3 saturated carbocycles. The van der Waals surface area contributed by atoms with Crippen molar-refractivity contribution in [2.75, 3.05) is 26.6 Å². The average molecular weight is 840 g/mol. The summed E-state index contributed by atoms with van der Waals surface area (Å²) in [5.41, 5.74) is 3.06. The molecule has 0 amide bonds. The second kappa shape index (κ2) is 19.2. The van der Waals surface area contributed by atoms with E-state index in [9.17, 15) is 4.79 Å². The van der Waals surface area contributed by atoms with E-state index in [1.54, 1.807) is 18.0 Å². The lowest BCUT2D eigenvalue weighted by atomic mass is 9.46. The Balaban J connectivity index is 1.16. The van der Waals surface area contributed by atoms with Gasteiger partial charge in [0.05, 0.1) is 45.2 Å². The van der Waals surface area contributed by atoms with E-state index in [1.807, 2.05) is 24.3 Å². The number of hydrogen-bond donors (Lipinski definition) is 1. The van der Waals surface area contributed by atoms with Gasteiger partial charge in [-0.2, -0.15) is 0 Å². The molecule has 1 N–H and O–H groups in total. The molecule has 5 fully saturated rings. The molecule has 18 atom stereocenters. The molecular formula is C50H80NO7P. The molecule has 4 aliphatic carbocycles. The number of Topliss-reactive ketones (excluding diaryl/α,β-unsaturated/α-hetero) is 1. The van der Waals surface area contributed by atoms with Gasteiger partial charge in [-0.25, -0.2) is 0 Å². The molecule has 332 valence electrons. The van der Waals surface area contributed by atoms with Gasteiger partial charge in [0.15, 0.2) is 12.6 Å². The van der Waals surface area contributed by atoms with Crippen LogP contribution in [0.4, 0.5) is 0 Å². The number of methoxy groups -OCH3 is 1. The van der Waals surface area contributed by atoms with Crippen LogP contribution in [0.5, 0.6) is 5.75 Å². The first-order valence-corrected chi connectivity index (χ1v) is 24.4. The number of carbonyl (C=O) groups is 1. The number of nitrogens with one attached hydrogen (secondary N) is 1. The fourth-order valence-electron chi connectivity index (χ4n) is 13.0. The van der Waals surface area contributed by atoms with Crippen molar-refractivity contribution in [1.82, 2.24) is 5.31 Å². The van der Waals surface area contributed by atoms with E-state index >= 15 is 0 Å². The maximum absolute atomic E-state index is 14.2. The summed E-state index contributed by atoms with van der Waals surface area (Å²) >= 11 is 0. The minimum atomic E-state index is -0.600. The molecule has 7 rings (SSSR count). The van der Waals surface area contributed by atoms with Crippen molar-refractivity contribution in [3.8, 4) is 5.75 Å². The molecular weight excluding hydrogens is 758 g/mol. The molecule has 0 radical (unpaired) electrons. The van der Waals surface area contributed by atoms with E-state index in [0.29, 0.717) is 67.9 Å². The lowest BCUT2D eigenvalue weighted by Gasteiger charge is -2.58. The predicted molar refractivity (Wildman–Crippen MR) is 238 cm³/mol. The van der Waals surface area contributed by atoms with E-state index < -0.39 is 18.7 Å². The van der Waals surface area contributed by atoms with Crippen molar-refractivity contribution in [2.45, 2.75) is 164 Å². The Bertz CT molecular complexity index is 1630. The summed E-state index contributed by atoms with van der Waals surface area (Å²) < 4.78 is 48.7. The fourth-order valence-corrected chi connectivity index (χ4v) is 13.3. The standard InChI is InChI=1S/C50H80NO7P/c1-29(2)11-18-41(52)33(6)44-42(24-40-38-17-14-36-23-30(3)19-21-49(36,8)39(38)20-22-50(40,44)9)57-47-34(7)46(58-48-45(51-28-59)32(5)31(4)25-55-48)43(27-56-47)54-26-35-12-15-37(53-10)16-13-35/h12-16,29-34,38-40,42-48,51H,11,17-28,59H2,1-10H3/t30-,31?,32?,33+,34?,38+,39-,40?,42-,43?,44-,45?,46?,47?,48?,49-,50-/m0/s1/i/hT. The number of ketones is 1. The van der Waals surface area contributed by atoms with Gasteiger partial charge in [-0.05, 0) is 121 Å². The van der Waals surface area contributed by atoms with Crippen molar-refractivity contribution in [3.63, 3.8) is 0 Å². The molecule has 1 aromatic carbocycles. The summed E-state index contributed by atoms with van der Waals surface area (Å²) in [7, 11) is 4.37. The Morgan fingerprint density at radius 3 is 2.42 bits per heavy atom. The molecule has 2 aliphatic heterocycles. The minimum Gasteiger partial charge on any atom is -0.497 e. The van der Waals surface area contributed by atoms with Crippen LogP contribution in [0.25, 0.3) is 0 Å². The zero-order valence-electron chi connectivity index (χ0n) is 39.2. The summed E-state index contributed by atoms with van der Waals surface area (Å²) in [6.07, 6.45) is 11.0. The van der Waals surface area contributed by atoms with Crippen LogP contribution in [0.15, 0.2) is 35.9 Å². The first kappa shape index (κ1) is 44.2. The van der Waals surface area contributed by atoms with E-state index in [0.717, 1.165) is 42.9 Å². The van der Waals surface area contributed by atoms with Crippen molar-refractivity contribution in [3.05, 3.63) is 41.5 Å². The normalized spacial score (nSPS) is 43.0. The van der Waals surface area contributed by atoms with E-state index in [4.69, 9.17) is 29.8 Å². The van der Waals surface area contributed by atoms with Crippen LogP contribution in [0.1, 0.15) is 126 Å². The van der Waals surface area contributed by atoms with Crippen LogP contribution in [-0.4, -0.2) is 69.3 Å². The van der Waals surface area contributed by atoms with Gasteiger partial charge in [0.1, 0.15) is 19.0 Å². The average Bonchev–Trinajstić information content (AvgIpc) is 3.53. The van der Waals surface area contributed by atoms with Crippen LogP contribution < -0.4 is 10.0 Å². The molecule has 1 aromatic rings. The number of hydrogen-bond acceptors (Lipinski definition) is 8. The number of rotatable bonds is 15. The first-order chi connectivity index (χ1) is 28.6. The highest BCUT2D eigenvalue weighted by Crippen LogP contribution is 2.68. The van der Waals surface area contributed by atoms with Crippen molar-refractivity contribution in [1.29, 1.82) is 0 Å². The number of benzene rings is 1. The lowest BCUT2D eigenvalue weighted by Crippen LogP contribution is -2.59. The minimum absolute atomic E-state index is 0.00591. The number of ether oxygens (including phenoxy) is 6. The molecule has 10 unspecified atom stereocenters. The van der Waals surface area contributed by atoms with Gasteiger partial charge in [-0.3, -0.25) is 4.79 Å². The summed E-state index contributed by atoms with van der Waals surface area (Å²) in [4.78, 5) is 14.2. The highest BCUT2D eigenvalue weighted by Gasteiger charge is 2.63. The third-order valence-electron chi connectivity index (χ3n) is 17.0. The van der Waals surface area contributed by atoms with Crippen LogP contribution >= 0.6 is 9.24 Å². The van der Waals surface area contributed by atoms with Gasteiger partial charge in [0.25, 0.3) is 0 Å². The molecule has 8 nitrogen and oxygen atoms in total. The number of allylic oxidation sites excluding steroid dienone is 2. The van der Waals surface area contributed by atoms with E-state index in [-0.39, 0.29) is 52.8 Å². The maximum atomic E-state index is 14.2. The Morgan fingerprint density at radius 1 is 0.966 bits per heavy atom. The van der Waals surface area contributed by atoms with Gasteiger partial charge >= 0.3 is 0 Å². The number of fused-ring (bicyclic) bond motifs is 5. The van der Waals surface area contributed by atoms with Gasteiger partial charge < -0.3 is 33.7 Å². The van der Waals surface area contributed by atoms with Gasteiger partial charge in [-0.15, -0.1) is 9.24 Å². The van der Waals surface area contributed by atoms with Crippen molar-refractivity contribution in [2.24, 2.45) is 70.0 Å². The molecule has 6 aliphatic rings. The molecule has 0 bridgehead atoms. The topological polar surface area (TPSA) is 84.5 Å². The van der Waals surface area contributed by atoms with Crippen molar-refractivity contribution < 1.29 is 34.6 Å². The maximum Gasteiger partial charge on any atom is 0.173 e. The third-order valence-corrected chi connectivity index (χ3v) is 17.2. The molecule has 0 spiro atoms. The summed E-state index contributed by atoms with van der Waals surface area (Å²) in [6.45, 7) is 22.0. The molecule has 9 heteroatoms. The summed E-state index contributed by atoms with van der Waals surface area (Å²) in [5.74, 6) is 4.55. The number of carbonyl (C=O) groups excluding carboxylic acids is 1. The zero-order chi connectivity index (χ0) is 43.1. The Kier molecular flexibility index (Phi) is 14.4. The lowest BCUT2D eigenvalue weighted by molar-refractivity contribution is -0.315. The molecule has 59 heavy (non-hydrogen) atoms. The first-order valence-electron chi connectivity index (χ1n) is 24.0.